The number of nitrogen functional groups attached to an aromatic ring is 1. The number of hydrogen-bond acceptors (Lipinski definition) is 6. The lowest BCUT2D eigenvalue weighted by molar-refractivity contribution is 0.445. The lowest BCUT2D eigenvalue weighted by Gasteiger charge is -1.97. The van der Waals surface area contributed by atoms with Crippen LogP contribution in [0.5, 0.6) is 0 Å². The van der Waals surface area contributed by atoms with Crippen LogP contribution < -0.4 is 5.73 Å². The first-order chi connectivity index (χ1) is 9.34. The maximum absolute atomic E-state index is 5.64. The maximum atomic E-state index is 5.64. The molecule has 0 radical (unpaired) electrons. The Morgan fingerprint density at radius 2 is 1.95 bits per heavy atom. The van der Waals surface area contributed by atoms with Gasteiger partial charge in [-0.25, -0.2) is 0 Å². The SMILES string of the molecule is Nc1noc2c1nnc1c(-c3ccccc3)cnn12. The fourth-order valence-corrected chi connectivity index (χ4v) is 2.03. The quantitative estimate of drug-likeness (QED) is 0.551. The molecule has 3 heterocycles. The largest absolute Gasteiger partial charge is 0.379 e. The zero-order valence-electron chi connectivity index (χ0n) is 9.69. The molecule has 0 saturated carbocycles. The van der Waals surface area contributed by atoms with Crippen molar-refractivity contribution in [2.45, 2.75) is 0 Å². The summed E-state index contributed by atoms with van der Waals surface area (Å²) in [5, 5.41) is 16.1. The second-order valence-electron chi connectivity index (χ2n) is 4.08. The molecule has 0 unspecified atom stereocenters. The molecule has 0 atom stereocenters. The van der Waals surface area contributed by atoms with Gasteiger partial charge in [0, 0.05) is 5.56 Å². The molecular weight excluding hydrogens is 244 g/mol. The third-order valence-corrected chi connectivity index (χ3v) is 2.94. The number of rotatable bonds is 1. The van der Waals surface area contributed by atoms with Crippen molar-refractivity contribution >= 4 is 22.7 Å². The number of fused-ring (bicyclic) bond motifs is 3. The smallest absolute Gasteiger partial charge is 0.283 e. The molecule has 0 aliphatic rings. The molecular formula is C12H8N6O. The number of benzene rings is 1. The van der Waals surface area contributed by atoms with E-state index in [0.717, 1.165) is 11.1 Å². The van der Waals surface area contributed by atoms with Gasteiger partial charge in [0.05, 0.1) is 6.20 Å². The van der Waals surface area contributed by atoms with Crippen molar-refractivity contribution < 1.29 is 4.52 Å². The summed E-state index contributed by atoms with van der Waals surface area (Å²) in [6.45, 7) is 0. The fourth-order valence-electron chi connectivity index (χ4n) is 2.03. The predicted molar refractivity (Wildman–Crippen MR) is 68.2 cm³/mol. The maximum Gasteiger partial charge on any atom is 0.283 e. The summed E-state index contributed by atoms with van der Waals surface area (Å²) in [5.74, 6) is 0.209. The van der Waals surface area contributed by atoms with Crippen LogP contribution in [0.4, 0.5) is 5.82 Å². The van der Waals surface area contributed by atoms with E-state index in [4.69, 9.17) is 10.3 Å². The highest BCUT2D eigenvalue weighted by molar-refractivity contribution is 5.84. The highest BCUT2D eigenvalue weighted by atomic mass is 16.5. The van der Waals surface area contributed by atoms with E-state index >= 15 is 0 Å². The molecule has 7 heteroatoms. The molecule has 0 fully saturated rings. The average molecular weight is 252 g/mol. The predicted octanol–water partition coefficient (Wildman–Crippen LogP) is 1.51. The first-order valence-electron chi connectivity index (χ1n) is 5.65. The molecule has 4 aromatic rings. The van der Waals surface area contributed by atoms with Crippen molar-refractivity contribution in [2.24, 2.45) is 0 Å². The minimum Gasteiger partial charge on any atom is -0.379 e. The second kappa shape index (κ2) is 3.52. The van der Waals surface area contributed by atoms with Gasteiger partial charge in [-0.1, -0.05) is 35.5 Å². The minimum absolute atomic E-state index is 0.209. The van der Waals surface area contributed by atoms with Crippen LogP contribution in [0.3, 0.4) is 0 Å². The molecule has 3 aromatic heterocycles. The van der Waals surface area contributed by atoms with Gasteiger partial charge in [0.15, 0.2) is 17.0 Å². The van der Waals surface area contributed by atoms with Crippen LogP contribution >= 0.6 is 0 Å². The van der Waals surface area contributed by atoms with E-state index < -0.39 is 0 Å². The number of anilines is 1. The Kier molecular flexibility index (Phi) is 1.85. The molecule has 0 amide bonds. The van der Waals surface area contributed by atoms with Gasteiger partial charge in [0.1, 0.15) is 0 Å². The van der Waals surface area contributed by atoms with E-state index in [2.05, 4.69) is 20.5 Å². The van der Waals surface area contributed by atoms with Crippen LogP contribution in [0.2, 0.25) is 0 Å². The molecule has 4 rings (SSSR count). The van der Waals surface area contributed by atoms with Crippen LogP contribution in [0.1, 0.15) is 0 Å². The summed E-state index contributed by atoms with van der Waals surface area (Å²) < 4.78 is 6.68. The Hall–Kier alpha value is -2.96. The first kappa shape index (κ1) is 10.0. The summed E-state index contributed by atoms with van der Waals surface area (Å²) in [7, 11) is 0. The molecule has 2 N–H and O–H groups in total. The van der Waals surface area contributed by atoms with Crippen LogP contribution in [-0.2, 0) is 0 Å². The van der Waals surface area contributed by atoms with Crippen LogP contribution in [0.15, 0.2) is 41.1 Å². The van der Waals surface area contributed by atoms with Crippen LogP contribution in [0, 0.1) is 0 Å². The molecule has 0 saturated heterocycles. The first-order valence-corrected chi connectivity index (χ1v) is 5.65. The van der Waals surface area contributed by atoms with Crippen molar-refractivity contribution in [1.82, 2.24) is 25.0 Å². The average Bonchev–Trinajstić information content (AvgIpc) is 3.03. The van der Waals surface area contributed by atoms with Crippen molar-refractivity contribution in [3.05, 3.63) is 36.5 Å². The lowest BCUT2D eigenvalue weighted by atomic mass is 10.1. The van der Waals surface area contributed by atoms with E-state index in [1.54, 1.807) is 10.7 Å². The Bertz CT molecular complexity index is 879. The van der Waals surface area contributed by atoms with Gasteiger partial charge in [0.2, 0.25) is 0 Å². The molecule has 7 nitrogen and oxygen atoms in total. The van der Waals surface area contributed by atoms with Crippen LogP contribution in [0.25, 0.3) is 28.0 Å². The van der Waals surface area contributed by atoms with E-state index in [0.29, 0.717) is 16.9 Å². The monoisotopic (exact) mass is 252 g/mol. The van der Waals surface area contributed by atoms with E-state index in [1.807, 2.05) is 30.3 Å². The molecule has 92 valence electrons. The zero-order chi connectivity index (χ0) is 12.8. The van der Waals surface area contributed by atoms with Crippen molar-refractivity contribution in [1.29, 1.82) is 0 Å². The van der Waals surface area contributed by atoms with Gasteiger partial charge in [-0.3, -0.25) is 0 Å². The van der Waals surface area contributed by atoms with Crippen molar-refractivity contribution in [2.75, 3.05) is 5.73 Å². The molecule has 0 bridgehead atoms. The highest BCUT2D eigenvalue weighted by Gasteiger charge is 2.16. The Morgan fingerprint density at radius 3 is 2.79 bits per heavy atom. The van der Waals surface area contributed by atoms with E-state index in [9.17, 15) is 0 Å². The second-order valence-corrected chi connectivity index (χ2v) is 4.08. The van der Waals surface area contributed by atoms with Gasteiger partial charge >= 0.3 is 0 Å². The number of nitrogens with zero attached hydrogens (tertiary/aromatic N) is 5. The van der Waals surface area contributed by atoms with Gasteiger partial charge in [-0.05, 0) is 5.56 Å². The topological polar surface area (TPSA) is 95.1 Å². The van der Waals surface area contributed by atoms with Gasteiger partial charge in [0.25, 0.3) is 5.71 Å². The lowest BCUT2D eigenvalue weighted by Crippen LogP contribution is -1.95. The van der Waals surface area contributed by atoms with Crippen molar-refractivity contribution in [3.8, 4) is 11.1 Å². The Labute approximate surface area is 106 Å². The van der Waals surface area contributed by atoms with Crippen molar-refractivity contribution in [3.63, 3.8) is 0 Å². The Balaban J connectivity index is 2.07. The highest BCUT2D eigenvalue weighted by Crippen LogP contribution is 2.25. The summed E-state index contributed by atoms with van der Waals surface area (Å²) in [6, 6.07) is 9.83. The molecule has 0 spiro atoms. The van der Waals surface area contributed by atoms with Gasteiger partial charge < -0.3 is 10.3 Å². The molecule has 19 heavy (non-hydrogen) atoms. The normalized spacial score (nSPS) is 11.4. The molecule has 1 aromatic carbocycles. The molecule has 0 aliphatic carbocycles. The van der Waals surface area contributed by atoms with Gasteiger partial charge in [-0.2, -0.15) is 9.61 Å². The Morgan fingerprint density at radius 1 is 1.11 bits per heavy atom. The number of hydrogen-bond donors (Lipinski definition) is 1. The van der Waals surface area contributed by atoms with E-state index in [1.165, 1.54) is 0 Å². The number of nitrogens with two attached hydrogens (primary N) is 1. The van der Waals surface area contributed by atoms with Gasteiger partial charge in [-0.15, -0.1) is 10.2 Å². The fraction of sp³-hybridized carbons (Fsp3) is 0. The minimum atomic E-state index is 0.209. The standard InChI is InChI=1S/C12H8N6O/c13-10-9-12(19-17-10)18-11(16-15-9)8(6-14-18)7-4-2-1-3-5-7/h1-6H,(H2,13,17). The third kappa shape index (κ3) is 1.32. The summed E-state index contributed by atoms with van der Waals surface area (Å²) in [5.41, 5.74) is 8.94. The third-order valence-electron chi connectivity index (χ3n) is 2.94. The molecule has 0 aliphatic heterocycles. The summed E-state index contributed by atoms with van der Waals surface area (Å²) in [6.07, 6.45) is 1.72. The summed E-state index contributed by atoms with van der Waals surface area (Å²) >= 11 is 0. The zero-order valence-corrected chi connectivity index (χ0v) is 9.69. The summed E-state index contributed by atoms with van der Waals surface area (Å²) in [4.78, 5) is 0. The van der Waals surface area contributed by atoms with Crippen LogP contribution in [-0.4, -0.2) is 25.0 Å². The number of aromatic nitrogens is 5. The van der Waals surface area contributed by atoms with E-state index in [-0.39, 0.29) is 5.82 Å².